The van der Waals surface area contributed by atoms with Gasteiger partial charge in [-0.05, 0) is 87.2 Å². The number of sulfonamides is 1. The van der Waals surface area contributed by atoms with Crippen LogP contribution in [0.25, 0.3) is 0 Å². The van der Waals surface area contributed by atoms with Crippen LogP contribution < -0.4 is 10.0 Å². The average molecular weight is 471 g/mol. The third-order valence-corrected chi connectivity index (χ3v) is 9.83. The number of carbonyl (C=O) groups is 1. The molecule has 5 nitrogen and oxygen atoms in total. The van der Waals surface area contributed by atoms with Gasteiger partial charge in [0, 0.05) is 18.0 Å². The summed E-state index contributed by atoms with van der Waals surface area (Å²) in [5.41, 5.74) is -2.21. The number of rotatable bonds is 6. The molecule has 1 aromatic rings. The summed E-state index contributed by atoms with van der Waals surface area (Å²) in [4.78, 5) is 12.2. The Hall–Kier alpha value is -1.61. The molecule has 176 valence electrons. The van der Waals surface area contributed by atoms with Crippen LogP contribution in [0.15, 0.2) is 29.2 Å². The zero-order valence-electron chi connectivity index (χ0n) is 17.8. The Morgan fingerprint density at radius 2 is 1.59 bits per heavy atom. The molecule has 6 rings (SSSR count). The van der Waals surface area contributed by atoms with Gasteiger partial charge in [-0.1, -0.05) is 12.1 Å². The third-order valence-electron chi connectivity index (χ3n) is 8.20. The van der Waals surface area contributed by atoms with Gasteiger partial charge in [0.1, 0.15) is 0 Å². The lowest BCUT2D eigenvalue weighted by Gasteiger charge is -2.54. The lowest BCUT2D eigenvalue weighted by Crippen LogP contribution is -2.59. The van der Waals surface area contributed by atoms with Crippen molar-refractivity contribution in [1.82, 2.24) is 10.0 Å². The number of nitrogens with one attached hydrogen (secondary N) is 2. The summed E-state index contributed by atoms with van der Waals surface area (Å²) in [6.07, 6.45) is 2.73. The number of carbonyl (C=O) groups excluding carboxylic acids is 1. The smallest absolute Gasteiger partial charge is 0.353 e. The van der Waals surface area contributed by atoms with Crippen molar-refractivity contribution in [3.63, 3.8) is 0 Å². The number of halogens is 3. The molecule has 0 radical (unpaired) electrons. The van der Waals surface area contributed by atoms with Crippen LogP contribution in [0.3, 0.4) is 0 Å². The quantitative estimate of drug-likeness (QED) is 0.653. The molecule has 5 fully saturated rings. The zero-order valence-corrected chi connectivity index (χ0v) is 18.6. The Bertz CT molecular complexity index is 976. The second-order valence-electron chi connectivity index (χ2n) is 10.4. The minimum Gasteiger partial charge on any atom is -0.353 e. The van der Waals surface area contributed by atoms with E-state index in [0.29, 0.717) is 24.7 Å². The van der Waals surface area contributed by atoms with E-state index in [2.05, 4.69) is 10.0 Å². The van der Waals surface area contributed by atoms with Crippen molar-refractivity contribution < 1.29 is 26.4 Å². The summed E-state index contributed by atoms with van der Waals surface area (Å²) in [6.45, 7) is 0. The summed E-state index contributed by atoms with van der Waals surface area (Å²) in [7, 11) is -4.44. The fraction of sp³-hybridized carbons (Fsp3) is 0.696. The maximum atomic E-state index is 13.4. The molecule has 4 bridgehead atoms. The highest BCUT2D eigenvalue weighted by Crippen LogP contribution is 2.53. The van der Waals surface area contributed by atoms with Crippen molar-refractivity contribution in [2.24, 2.45) is 23.7 Å². The molecular weight excluding hydrogens is 441 g/mol. The molecule has 1 amide bonds. The third kappa shape index (κ3) is 4.06. The standard InChI is InChI=1S/C23H29F3N2O3S/c24-23(25,26)18-4-1-2-5-19(18)32(30,31)28-22(6-3-7-22)13-20(29)27-21-16-9-14-8-15(11-16)12-17(21)10-14/h1-2,4-5,14-17,21,28H,3,6-13H2,(H,27,29). The van der Waals surface area contributed by atoms with E-state index in [-0.39, 0.29) is 18.4 Å². The summed E-state index contributed by atoms with van der Waals surface area (Å²) in [6, 6.07) is 4.32. The SMILES string of the molecule is O=C(CC1(NS(=O)(=O)c2ccccc2C(F)(F)F)CCC1)NC1C2CC3CC(C2)CC1C3. The van der Waals surface area contributed by atoms with Crippen LogP contribution in [-0.4, -0.2) is 25.9 Å². The van der Waals surface area contributed by atoms with Crippen molar-refractivity contribution >= 4 is 15.9 Å². The van der Waals surface area contributed by atoms with Crippen molar-refractivity contribution in [2.75, 3.05) is 0 Å². The first-order valence-electron chi connectivity index (χ1n) is 11.5. The first-order valence-corrected chi connectivity index (χ1v) is 13.0. The van der Waals surface area contributed by atoms with E-state index < -0.39 is 32.2 Å². The Labute approximate surface area is 186 Å². The van der Waals surface area contributed by atoms with E-state index in [4.69, 9.17) is 0 Å². The minimum atomic E-state index is -4.78. The highest BCUT2D eigenvalue weighted by molar-refractivity contribution is 7.89. The highest BCUT2D eigenvalue weighted by Gasteiger charge is 2.50. The topological polar surface area (TPSA) is 75.3 Å². The van der Waals surface area contributed by atoms with Crippen molar-refractivity contribution in [3.05, 3.63) is 29.8 Å². The predicted octanol–water partition coefficient (Wildman–Crippen LogP) is 4.24. The van der Waals surface area contributed by atoms with Gasteiger partial charge in [0.2, 0.25) is 15.9 Å². The molecule has 0 aliphatic heterocycles. The minimum absolute atomic E-state index is 0.0385. The summed E-state index contributed by atoms with van der Waals surface area (Å²) in [5, 5.41) is 3.19. The van der Waals surface area contributed by atoms with Crippen LogP contribution in [0, 0.1) is 23.7 Å². The number of benzene rings is 1. The molecule has 0 saturated heterocycles. The molecule has 0 unspecified atom stereocenters. The Kier molecular flexibility index (Phi) is 5.36. The second-order valence-corrected chi connectivity index (χ2v) is 12.1. The first kappa shape index (κ1) is 22.2. The van der Waals surface area contributed by atoms with Gasteiger partial charge in [-0.15, -0.1) is 0 Å². The molecule has 32 heavy (non-hydrogen) atoms. The second kappa shape index (κ2) is 7.72. The number of alkyl halides is 3. The monoisotopic (exact) mass is 470 g/mol. The van der Waals surface area contributed by atoms with Crippen molar-refractivity contribution in [2.45, 2.75) is 80.4 Å². The molecule has 0 spiro atoms. The van der Waals surface area contributed by atoms with Gasteiger partial charge in [-0.3, -0.25) is 4.79 Å². The van der Waals surface area contributed by atoms with Crippen LogP contribution >= 0.6 is 0 Å². The van der Waals surface area contributed by atoms with Crippen LogP contribution in [0.5, 0.6) is 0 Å². The average Bonchev–Trinajstić information content (AvgIpc) is 2.68. The van der Waals surface area contributed by atoms with Gasteiger partial charge in [0.05, 0.1) is 10.5 Å². The van der Waals surface area contributed by atoms with E-state index in [1.807, 2.05) is 0 Å². The molecule has 0 atom stereocenters. The van der Waals surface area contributed by atoms with Gasteiger partial charge < -0.3 is 5.32 Å². The van der Waals surface area contributed by atoms with Crippen molar-refractivity contribution in [1.29, 1.82) is 0 Å². The molecule has 2 N–H and O–H groups in total. The summed E-state index contributed by atoms with van der Waals surface area (Å²) < 4.78 is 68.4. The maximum Gasteiger partial charge on any atom is 0.417 e. The van der Waals surface area contributed by atoms with Crippen LogP contribution in [0.4, 0.5) is 13.2 Å². The lowest BCUT2D eigenvalue weighted by molar-refractivity contribution is -0.140. The van der Waals surface area contributed by atoms with Gasteiger partial charge >= 0.3 is 6.18 Å². The zero-order chi connectivity index (χ0) is 22.7. The lowest BCUT2D eigenvalue weighted by atomic mass is 9.54. The van der Waals surface area contributed by atoms with E-state index >= 15 is 0 Å². The van der Waals surface area contributed by atoms with E-state index in [1.165, 1.54) is 18.6 Å². The van der Waals surface area contributed by atoms with Crippen LogP contribution in [0.1, 0.15) is 63.4 Å². The first-order chi connectivity index (χ1) is 15.0. The van der Waals surface area contributed by atoms with E-state index in [1.54, 1.807) is 0 Å². The molecule has 0 aromatic heterocycles. The number of hydrogen-bond acceptors (Lipinski definition) is 3. The molecule has 1 aromatic carbocycles. The van der Waals surface area contributed by atoms with Crippen LogP contribution in [0.2, 0.25) is 0 Å². The Morgan fingerprint density at radius 3 is 2.12 bits per heavy atom. The maximum absolute atomic E-state index is 13.4. The van der Waals surface area contributed by atoms with Gasteiger partial charge in [0.25, 0.3) is 0 Å². The van der Waals surface area contributed by atoms with Gasteiger partial charge in [-0.2, -0.15) is 13.2 Å². The molecule has 5 saturated carbocycles. The summed E-state index contributed by atoms with van der Waals surface area (Å²) >= 11 is 0. The fourth-order valence-electron chi connectivity index (χ4n) is 6.90. The van der Waals surface area contributed by atoms with Gasteiger partial charge in [0.15, 0.2) is 0 Å². The molecule has 5 aliphatic rings. The fourth-order valence-corrected chi connectivity index (χ4v) is 8.59. The molecule has 5 aliphatic carbocycles. The molecular formula is C23H29F3N2O3S. The number of hydrogen-bond donors (Lipinski definition) is 2. The summed E-state index contributed by atoms with van der Waals surface area (Å²) in [5.74, 6) is 2.37. The largest absolute Gasteiger partial charge is 0.417 e. The normalized spacial score (nSPS) is 33.0. The predicted molar refractivity (Wildman–Crippen MR) is 112 cm³/mol. The van der Waals surface area contributed by atoms with E-state index in [9.17, 15) is 26.4 Å². The molecule has 0 heterocycles. The van der Waals surface area contributed by atoms with Gasteiger partial charge in [-0.25, -0.2) is 13.1 Å². The Morgan fingerprint density at radius 1 is 1.00 bits per heavy atom. The van der Waals surface area contributed by atoms with Crippen LogP contribution in [-0.2, 0) is 21.0 Å². The highest BCUT2D eigenvalue weighted by atomic mass is 32.2. The number of amides is 1. The molecule has 9 heteroatoms. The Balaban J connectivity index is 1.29. The van der Waals surface area contributed by atoms with E-state index in [0.717, 1.165) is 56.1 Å². The van der Waals surface area contributed by atoms with Crippen molar-refractivity contribution in [3.8, 4) is 0 Å².